The summed E-state index contributed by atoms with van der Waals surface area (Å²) in [5, 5.41) is 3.64. The third kappa shape index (κ3) is 2.99. The molecule has 0 radical (unpaired) electrons. The molecule has 1 atom stereocenters. The molecule has 16 heavy (non-hydrogen) atoms. The molecule has 1 fully saturated rings. The fourth-order valence-electron chi connectivity index (χ4n) is 1.97. The predicted octanol–water partition coefficient (Wildman–Crippen LogP) is 3.15. The SMILES string of the molecule is CCC(NCC1CC1)c1ccc(OC)cc1. The first-order valence-corrected chi connectivity index (χ1v) is 6.20. The summed E-state index contributed by atoms with van der Waals surface area (Å²) in [6.07, 6.45) is 3.96. The maximum absolute atomic E-state index is 5.17. The van der Waals surface area contributed by atoms with Gasteiger partial charge in [0.25, 0.3) is 0 Å². The van der Waals surface area contributed by atoms with E-state index < -0.39 is 0 Å². The van der Waals surface area contributed by atoms with E-state index >= 15 is 0 Å². The predicted molar refractivity (Wildman–Crippen MR) is 66.8 cm³/mol. The van der Waals surface area contributed by atoms with Gasteiger partial charge in [-0.1, -0.05) is 19.1 Å². The van der Waals surface area contributed by atoms with Crippen molar-refractivity contribution in [2.75, 3.05) is 13.7 Å². The van der Waals surface area contributed by atoms with E-state index in [-0.39, 0.29) is 0 Å². The van der Waals surface area contributed by atoms with E-state index in [1.165, 1.54) is 24.9 Å². The van der Waals surface area contributed by atoms with Gasteiger partial charge in [-0.15, -0.1) is 0 Å². The molecule has 1 unspecified atom stereocenters. The monoisotopic (exact) mass is 219 g/mol. The molecule has 88 valence electrons. The van der Waals surface area contributed by atoms with Crippen LogP contribution >= 0.6 is 0 Å². The van der Waals surface area contributed by atoms with Gasteiger partial charge in [-0.25, -0.2) is 0 Å². The van der Waals surface area contributed by atoms with Gasteiger partial charge in [0, 0.05) is 6.04 Å². The Labute approximate surface area is 98.0 Å². The molecule has 0 heterocycles. The second-order valence-electron chi connectivity index (χ2n) is 4.59. The Morgan fingerprint density at radius 1 is 1.31 bits per heavy atom. The van der Waals surface area contributed by atoms with Crippen molar-refractivity contribution in [2.45, 2.75) is 32.2 Å². The minimum Gasteiger partial charge on any atom is -0.497 e. The molecule has 2 rings (SSSR count). The van der Waals surface area contributed by atoms with Gasteiger partial charge in [-0.2, -0.15) is 0 Å². The molecule has 1 N–H and O–H groups in total. The Bertz CT molecular complexity index is 316. The molecular weight excluding hydrogens is 198 g/mol. The topological polar surface area (TPSA) is 21.3 Å². The fraction of sp³-hybridized carbons (Fsp3) is 0.571. The summed E-state index contributed by atoms with van der Waals surface area (Å²) in [4.78, 5) is 0. The lowest BCUT2D eigenvalue weighted by Gasteiger charge is -2.17. The highest BCUT2D eigenvalue weighted by Gasteiger charge is 2.22. The van der Waals surface area contributed by atoms with E-state index in [1.807, 2.05) is 12.1 Å². The van der Waals surface area contributed by atoms with E-state index in [4.69, 9.17) is 4.74 Å². The summed E-state index contributed by atoms with van der Waals surface area (Å²) in [5.41, 5.74) is 1.36. The first kappa shape index (κ1) is 11.5. The molecular formula is C14H21NO. The number of hydrogen-bond acceptors (Lipinski definition) is 2. The molecule has 2 heteroatoms. The second-order valence-corrected chi connectivity index (χ2v) is 4.59. The van der Waals surface area contributed by atoms with Crippen molar-refractivity contribution in [1.29, 1.82) is 0 Å². The molecule has 0 bridgehead atoms. The zero-order valence-corrected chi connectivity index (χ0v) is 10.2. The van der Waals surface area contributed by atoms with Crippen molar-refractivity contribution in [3.05, 3.63) is 29.8 Å². The minimum atomic E-state index is 0.492. The van der Waals surface area contributed by atoms with Gasteiger partial charge in [0.05, 0.1) is 7.11 Å². The molecule has 1 aromatic rings. The van der Waals surface area contributed by atoms with Crippen LogP contribution in [0.4, 0.5) is 0 Å². The number of benzene rings is 1. The van der Waals surface area contributed by atoms with Crippen LogP contribution in [0.25, 0.3) is 0 Å². The maximum atomic E-state index is 5.17. The van der Waals surface area contributed by atoms with Gasteiger partial charge in [0.15, 0.2) is 0 Å². The average Bonchev–Trinajstić information content (AvgIpc) is 3.15. The summed E-state index contributed by atoms with van der Waals surface area (Å²) in [6, 6.07) is 8.89. The summed E-state index contributed by atoms with van der Waals surface area (Å²) in [7, 11) is 1.71. The minimum absolute atomic E-state index is 0.492. The highest BCUT2D eigenvalue weighted by Crippen LogP contribution is 2.29. The van der Waals surface area contributed by atoms with Crippen LogP contribution in [0.3, 0.4) is 0 Å². The molecule has 1 aromatic carbocycles. The van der Waals surface area contributed by atoms with E-state index in [0.717, 1.165) is 18.1 Å². The van der Waals surface area contributed by atoms with Crippen molar-refractivity contribution in [1.82, 2.24) is 5.32 Å². The molecule has 0 aromatic heterocycles. The fourth-order valence-corrected chi connectivity index (χ4v) is 1.97. The lowest BCUT2D eigenvalue weighted by Crippen LogP contribution is -2.22. The summed E-state index contributed by atoms with van der Waals surface area (Å²) < 4.78 is 5.17. The number of hydrogen-bond donors (Lipinski definition) is 1. The lowest BCUT2D eigenvalue weighted by atomic mass is 10.0. The molecule has 0 aliphatic heterocycles. The van der Waals surface area contributed by atoms with Crippen LogP contribution in [0, 0.1) is 5.92 Å². The zero-order chi connectivity index (χ0) is 11.4. The van der Waals surface area contributed by atoms with E-state index in [9.17, 15) is 0 Å². The quantitative estimate of drug-likeness (QED) is 0.793. The third-order valence-corrected chi connectivity index (χ3v) is 3.28. The zero-order valence-electron chi connectivity index (χ0n) is 10.2. The molecule has 0 saturated heterocycles. The van der Waals surface area contributed by atoms with Gasteiger partial charge in [-0.05, 0) is 49.4 Å². The van der Waals surface area contributed by atoms with E-state index in [2.05, 4.69) is 24.4 Å². The number of ether oxygens (including phenoxy) is 1. The molecule has 2 nitrogen and oxygen atoms in total. The maximum Gasteiger partial charge on any atom is 0.118 e. The molecule has 1 saturated carbocycles. The van der Waals surface area contributed by atoms with Gasteiger partial charge in [0.2, 0.25) is 0 Å². The van der Waals surface area contributed by atoms with Crippen LogP contribution in [0.2, 0.25) is 0 Å². The number of rotatable bonds is 6. The van der Waals surface area contributed by atoms with Gasteiger partial charge < -0.3 is 10.1 Å². The molecule has 0 amide bonds. The molecule has 1 aliphatic carbocycles. The normalized spacial score (nSPS) is 17.1. The number of methoxy groups -OCH3 is 1. The van der Waals surface area contributed by atoms with Crippen molar-refractivity contribution in [2.24, 2.45) is 5.92 Å². The van der Waals surface area contributed by atoms with Gasteiger partial charge in [0.1, 0.15) is 5.75 Å². The third-order valence-electron chi connectivity index (χ3n) is 3.28. The first-order valence-electron chi connectivity index (χ1n) is 6.20. The summed E-state index contributed by atoms with van der Waals surface area (Å²) >= 11 is 0. The molecule has 0 spiro atoms. The van der Waals surface area contributed by atoms with Crippen molar-refractivity contribution in [3.8, 4) is 5.75 Å². The smallest absolute Gasteiger partial charge is 0.118 e. The summed E-state index contributed by atoms with van der Waals surface area (Å²) in [6.45, 7) is 3.40. The Hall–Kier alpha value is -1.02. The Balaban J connectivity index is 1.94. The Morgan fingerprint density at radius 2 is 2.00 bits per heavy atom. The van der Waals surface area contributed by atoms with Crippen LogP contribution in [-0.2, 0) is 0 Å². The van der Waals surface area contributed by atoms with Crippen molar-refractivity contribution >= 4 is 0 Å². The van der Waals surface area contributed by atoms with Gasteiger partial charge >= 0.3 is 0 Å². The van der Waals surface area contributed by atoms with E-state index in [0.29, 0.717) is 6.04 Å². The lowest BCUT2D eigenvalue weighted by molar-refractivity contribution is 0.414. The van der Waals surface area contributed by atoms with Crippen LogP contribution in [-0.4, -0.2) is 13.7 Å². The van der Waals surface area contributed by atoms with Crippen molar-refractivity contribution in [3.63, 3.8) is 0 Å². The highest BCUT2D eigenvalue weighted by molar-refractivity contribution is 5.29. The number of nitrogens with one attached hydrogen (secondary N) is 1. The average molecular weight is 219 g/mol. The van der Waals surface area contributed by atoms with Crippen LogP contribution in [0.5, 0.6) is 5.75 Å². The van der Waals surface area contributed by atoms with Crippen LogP contribution in [0.1, 0.15) is 37.8 Å². The Kier molecular flexibility index (Phi) is 3.83. The standard InChI is InChI=1S/C14H21NO/c1-3-14(15-10-11-4-5-11)12-6-8-13(16-2)9-7-12/h6-9,11,14-15H,3-5,10H2,1-2H3. The van der Waals surface area contributed by atoms with Crippen LogP contribution in [0.15, 0.2) is 24.3 Å². The Morgan fingerprint density at radius 3 is 2.50 bits per heavy atom. The second kappa shape index (κ2) is 5.35. The highest BCUT2D eigenvalue weighted by atomic mass is 16.5. The van der Waals surface area contributed by atoms with Gasteiger partial charge in [-0.3, -0.25) is 0 Å². The van der Waals surface area contributed by atoms with Crippen LogP contribution < -0.4 is 10.1 Å². The largest absolute Gasteiger partial charge is 0.497 e. The molecule has 1 aliphatic rings. The first-order chi connectivity index (χ1) is 7.83. The summed E-state index contributed by atoms with van der Waals surface area (Å²) in [5.74, 6) is 1.87. The van der Waals surface area contributed by atoms with Crippen molar-refractivity contribution < 1.29 is 4.74 Å². The van der Waals surface area contributed by atoms with E-state index in [1.54, 1.807) is 7.11 Å².